The molecule has 0 fully saturated rings. The molecule has 0 bridgehead atoms. The van der Waals surface area contributed by atoms with E-state index in [1.807, 2.05) is 12.1 Å². The summed E-state index contributed by atoms with van der Waals surface area (Å²) >= 11 is 5.82. The van der Waals surface area contributed by atoms with Crippen LogP contribution in [-0.4, -0.2) is 8.07 Å². The van der Waals surface area contributed by atoms with E-state index in [1.165, 1.54) is 11.2 Å². The van der Waals surface area contributed by atoms with Crippen LogP contribution < -0.4 is 5.19 Å². The van der Waals surface area contributed by atoms with E-state index in [-0.39, 0.29) is 0 Å². The SMILES string of the molecule is CC[Si](C)(C)c1ccc(Cl)cc1. The summed E-state index contributed by atoms with van der Waals surface area (Å²) in [7, 11) is -1.13. The Morgan fingerprint density at radius 2 is 1.67 bits per heavy atom. The van der Waals surface area contributed by atoms with Gasteiger partial charge >= 0.3 is 0 Å². The molecule has 0 aromatic heterocycles. The molecule has 0 N–H and O–H groups in total. The number of hydrogen-bond acceptors (Lipinski definition) is 0. The van der Waals surface area contributed by atoms with Crippen LogP contribution in [0.4, 0.5) is 0 Å². The lowest BCUT2D eigenvalue weighted by atomic mass is 10.4. The molecule has 12 heavy (non-hydrogen) atoms. The molecule has 0 saturated carbocycles. The largest absolute Gasteiger partial charge is 0.0843 e. The maximum Gasteiger partial charge on any atom is 0.0803 e. The highest BCUT2D eigenvalue weighted by atomic mass is 35.5. The molecule has 0 aliphatic carbocycles. The van der Waals surface area contributed by atoms with Gasteiger partial charge in [-0.05, 0) is 12.1 Å². The maximum atomic E-state index is 5.82. The average Bonchev–Trinajstić information content (AvgIpc) is 2.05. The fourth-order valence-electron chi connectivity index (χ4n) is 1.11. The van der Waals surface area contributed by atoms with Crippen molar-refractivity contribution >= 4 is 24.9 Å². The van der Waals surface area contributed by atoms with Crippen LogP contribution >= 0.6 is 11.6 Å². The molecule has 0 nitrogen and oxygen atoms in total. The Kier molecular flexibility index (Phi) is 2.97. The second kappa shape index (κ2) is 3.63. The minimum Gasteiger partial charge on any atom is -0.0843 e. The summed E-state index contributed by atoms with van der Waals surface area (Å²) in [5.74, 6) is 0. The smallest absolute Gasteiger partial charge is 0.0803 e. The first kappa shape index (κ1) is 9.81. The van der Waals surface area contributed by atoms with E-state index in [1.54, 1.807) is 0 Å². The third-order valence-corrected chi connectivity index (χ3v) is 6.43. The molecular formula is C10H15ClSi. The summed E-state index contributed by atoms with van der Waals surface area (Å²) in [6, 6.07) is 9.59. The molecule has 0 aliphatic heterocycles. The molecule has 2 heteroatoms. The van der Waals surface area contributed by atoms with Crippen molar-refractivity contribution in [2.75, 3.05) is 0 Å². The van der Waals surface area contributed by atoms with E-state index < -0.39 is 8.07 Å². The summed E-state index contributed by atoms with van der Waals surface area (Å²) in [6.07, 6.45) is 0. The Labute approximate surface area is 80.6 Å². The highest BCUT2D eigenvalue weighted by Crippen LogP contribution is 2.11. The third kappa shape index (κ3) is 2.11. The highest BCUT2D eigenvalue weighted by Gasteiger charge is 2.19. The lowest BCUT2D eigenvalue weighted by molar-refractivity contribution is 1.37. The van der Waals surface area contributed by atoms with E-state index in [4.69, 9.17) is 11.6 Å². The minimum absolute atomic E-state index is 0.833. The standard InChI is InChI=1S/C10H15ClSi/c1-4-12(2,3)10-7-5-9(11)6-8-10/h5-8H,4H2,1-3H3. The van der Waals surface area contributed by atoms with Gasteiger partial charge in [0.05, 0.1) is 8.07 Å². The normalized spacial score (nSPS) is 11.7. The zero-order chi connectivity index (χ0) is 9.19. The van der Waals surface area contributed by atoms with Crippen molar-refractivity contribution < 1.29 is 0 Å². The van der Waals surface area contributed by atoms with Crippen molar-refractivity contribution in [1.29, 1.82) is 0 Å². The molecule has 0 radical (unpaired) electrons. The van der Waals surface area contributed by atoms with Gasteiger partial charge in [-0.2, -0.15) is 0 Å². The molecule has 1 aromatic rings. The molecule has 0 heterocycles. The van der Waals surface area contributed by atoms with Gasteiger partial charge in [0.25, 0.3) is 0 Å². The summed E-state index contributed by atoms with van der Waals surface area (Å²) in [6.45, 7) is 7.04. The lowest BCUT2D eigenvalue weighted by Crippen LogP contribution is -2.40. The second-order valence-corrected chi connectivity index (χ2v) is 9.23. The van der Waals surface area contributed by atoms with Crippen LogP contribution in [0.3, 0.4) is 0 Å². The Hall–Kier alpha value is -0.273. The molecule has 0 saturated heterocycles. The second-order valence-electron chi connectivity index (χ2n) is 3.74. The minimum atomic E-state index is -1.13. The van der Waals surface area contributed by atoms with Gasteiger partial charge in [0.15, 0.2) is 0 Å². The zero-order valence-corrected chi connectivity index (χ0v) is 9.65. The van der Waals surface area contributed by atoms with Crippen molar-refractivity contribution in [2.24, 2.45) is 0 Å². The molecule has 1 aromatic carbocycles. The molecule has 66 valence electrons. The summed E-state index contributed by atoms with van der Waals surface area (Å²) in [5.41, 5.74) is 0. The third-order valence-electron chi connectivity index (χ3n) is 2.51. The van der Waals surface area contributed by atoms with Gasteiger partial charge in [-0.25, -0.2) is 0 Å². The van der Waals surface area contributed by atoms with Gasteiger partial charge in [-0.3, -0.25) is 0 Å². The average molecular weight is 199 g/mol. The van der Waals surface area contributed by atoms with Crippen LogP contribution in [0.15, 0.2) is 24.3 Å². The van der Waals surface area contributed by atoms with Crippen LogP contribution in [0, 0.1) is 0 Å². The summed E-state index contributed by atoms with van der Waals surface area (Å²) in [5, 5.41) is 2.33. The van der Waals surface area contributed by atoms with Crippen molar-refractivity contribution in [3.05, 3.63) is 29.3 Å². The van der Waals surface area contributed by atoms with E-state index in [9.17, 15) is 0 Å². The Morgan fingerprint density at radius 1 is 1.17 bits per heavy atom. The topological polar surface area (TPSA) is 0 Å². The Bertz CT molecular complexity index is 251. The van der Waals surface area contributed by atoms with Gasteiger partial charge in [0.1, 0.15) is 0 Å². The van der Waals surface area contributed by atoms with Gasteiger partial charge in [0, 0.05) is 5.02 Å². The van der Waals surface area contributed by atoms with Gasteiger partial charge in [-0.15, -0.1) is 0 Å². The Morgan fingerprint density at radius 3 is 2.08 bits per heavy atom. The summed E-state index contributed by atoms with van der Waals surface area (Å²) < 4.78 is 0. The van der Waals surface area contributed by atoms with Crippen LogP contribution in [0.2, 0.25) is 24.2 Å². The first-order valence-corrected chi connectivity index (χ1v) is 7.91. The zero-order valence-electron chi connectivity index (χ0n) is 7.89. The van der Waals surface area contributed by atoms with E-state index in [2.05, 4.69) is 32.2 Å². The molecule has 0 unspecified atom stereocenters. The monoisotopic (exact) mass is 198 g/mol. The molecular weight excluding hydrogens is 184 g/mol. The lowest BCUT2D eigenvalue weighted by Gasteiger charge is -2.20. The highest BCUT2D eigenvalue weighted by molar-refractivity contribution is 6.89. The van der Waals surface area contributed by atoms with Crippen LogP contribution in [0.25, 0.3) is 0 Å². The van der Waals surface area contributed by atoms with Gasteiger partial charge in [-0.1, -0.05) is 55.0 Å². The summed E-state index contributed by atoms with van der Waals surface area (Å²) in [4.78, 5) is 0. The molecule has 0 spiro atoms. The van der Waals surface area contributed by atoms with E-state index >= 15 is 0 Å². The van der Waals surface area contributed by atoms with Gasteiger partial charge < -0.3 is 0 Å². The van der Waals surface area contributed by atoms with Crippen LogP contribution in [-0.2, 0) is 0 Å². The maximum absolute atomic E-state index is 5.82. The Balaban J connectivity index is 2.96. The van der Waals surface area contributed by atoms with Crippen LogP contribution in [0.5, 0.6) is 0 Å². The predicted octanol–water partition coefficient (Wildman–Crippen LogP) is 3.28. The van der Waals surface area contributed by atoms with E-state index in [0.29, 0.717) is 0 Å². The fraction of sp³-hybridized carbons (Fsp3) is 0.400. The molecule has 0 aliphatic rings. The first-order valence-electron chi connectivity index (χ1n) is 4.32. The number of halogens is 1. The van der Waals surface area contributed by atoms with Crippen molar-refractivity contribution in [3.8, 4) is 0 Å². The first-order chi connectivity index (χ1) is 5.56. The number of rotatable bonds is 2. The molecule has 0 atom stereocenters. The molecule has 0 amide bonds. The van der Waals surface area contributed by atoms with Crippen molar-refractivity contribution in [3.63, 3.8) is 0 Å². The fourth-order valence-corrected chi connectivity index (χ4v) is 2.71. The van der Waals surface area contributed by atoms with Crippen molar-refractivity contribution in [1.82, 2.24) is 0 Å². The van der Waals surface area contributed by atoms with Gasteiger partial charge in [0.2, 0.25) is 0 Å². The number of benzene rings is 1. The molecule has 1 rings (SSSR count). The predicted molar refractivity (Wildman–Crippen MR) is 59.0 cm³/mol. The van der Waals surface area contributed by atoms with Crippen molar-refractivity contribution in [2.45, 2.75) is 26.1 Å². The number of hydrogen-bond donors (Lipinski definition) is 0. The van der Waals surface area contributed by atoms with E-state index in [0.717, 1.165) is 5.02 Å². The quantitative estimate of drug-likeness (QED) is 0.640. The van der Waals surface area contributed by atoms with Crippen LogP contribution in [0.1, 0.15) is 6.92 Å².